The molecule has 162 valence electrons. The number of hydrogen-bond donors (Lipinski definition) is 0. The molecule has 2 heterocycles. The number of benzene rings is 2. The van der Waals surface area contributed by atoms with E-state index < -0.39 is 16.4 Å². The maximum atomic E-state index is 13.3. The third-order valence-corrected chi connectivity index (χ3v) is 5.83. The first-order valence-corrected chi connectivity index (χ1v) is 10.4. The molecule has 9 nitrogen and oxygen atoms in total. The minimum Gasteiger partial charge on any atom is -0.497 e. The van der Waals surface area contributed by atoms with E-state index in [9.17, 15) is 19.7 Å². The van der Waals surface area contributed by atoms with Crippen molar-refractivity contribution in [2.45, 2.75) is 13.1 Å². The summed E-state index contributed by atoms with van der Waals surface area (Å²) in [6.07, 6.45) is 1.07. The van der Waals surface area contributed by atoms with Crippen LogP contribution in [0.2, 0.25) is 0 Å². The van der Waals surface area contributed by atoms with E-state index in [1.807, 2.05) is 42.5 Å². The Morgan fingerprint density at radius 1 is 1.19 bits per heavy atom. The maximum absolute atomic E-state index is 13.3. The van der Waals surface area contributed by atoms with Crippen molar-refractivity contribution in [3.8, 4) is 5.75 Å². The minimum absolute atomic E-state index is 0.236. The molecule has 2 aromatic heterocycles. The van der Waals surface area contributed by atoms with Crippen molar-refractivity contribution in [1.82, 2.24) is 9.55 Å². The Balaban J connectivity index is 1.71. The molecule has 4 aromatic rings. The van der Waals surface area contributed by atoms with Crippen LogP contribution in [0.1, 0.15) is 5.56 Å². The number of pyridine rings is 1. The lowest BCUT2D eigenvalue weighted by Crippen LogP contribution is -2.36. The van der Waals surface area contributed by atoms with E-state index in [-0.39, 0.29) is 18.8 Å². The predicted molar refractivity (Wildman–Crippen MR) is 121 cm³/mol. The van der Waals surface area contributed by atoms with E-state index in [2.05, 4.69) is 4.98 Å². The number of carbonyl (C=O) groups excluding carboxylic acids is 1. The van der Waals surface area contributed by atoms with Crippen molar-refractivity contribution in [1.29, 1.82) is 0 Å². The fourth-order valence-corrected chi connectivity index (χ4v) is 4.16. The smallest absolute Gasteiger partial charge is 0.285 e. The van der Waals surface area contributed by atoms with Crippen molar-refractivity contribution in [2.24, 2.45) is 0 Å². The number of fused-ring (bicyclic) bond motifs is 1. The largest absolute Gasteiger partial charge is 0.497 e. The van der Waals surface area contributed by atoms with Gasteiger partial charge in [0.2, 0.25) is 5.91 Å². The van der Waals surface area contributed by atoms with Gasteiger partial charge in [-0.1, -0.05) is 41.7 Å². The van der Waals surface area contributed by atoms with Crippen LogP contribution in [0.4, 0.5) is 10.8 Å². The van der Waals surface area contributed by atoms with Gasteiger partial charge in [0.25, 0.3) is 11.2 Å². The highest BCUT2D eigenvalue weighted by Crippen LogP contribution is 2.32. The molecule has 32 heavy (non-hydrogen) atoms. The molecule has 0 atom stereocenters. The lowest BCUT2D eigenvalue weighted by Gasteiger charge is -2.20. The summed E-state index contributed by atoms with van der Waals surface area (Å²) >= 11 is 1.32. The molecule has 10 heteroatoms. The molecule has 0 unspecified atom stereocenters. The predicted octanol–water partition coefficient (Wildman–Crippen LogP) is 3.61. The van der Waals surface area contributed by atoms with Crippen LogP contribution in [-0.4, -0.2) is 27.5 Å². The van der Waals surface area contributed by atoms with Crippen LogP contribution >= 0.6 is 11.3 Å². The van der Waals surface area contributed by atoms with Crippen LogP contribution in [0.3, 0.4) is 0 Å². The Labute approximate surface area is 186 Å². The molecule has 0 aliphatic carbocycles. The lowest BCUT2D eigenvalue weighted by molar-refractivity contribution is -0.385. The van der Waals surface area contributed by atoms with Crippen LogP contribution in [0.25, 0.3) is 10.2 Å². The molecule has 4 rings (SSSR count). The number of nitrogens with zero attached hydrogens (tertiary/aromatic N) is 4. The van der Waals surface area contributed by atoms with Gasteiger partial charge in [0.1, 0.15) is 12.3 Å². The average molecular weight is 450 g/mol. The first kappa shape index (κ1) is 21.2. The monoisotopic (exact) mass is 450 g/mol. The van der Waals surface area contributed by atoms with Crippen LogP contribution in [-0.2, 0) is 17.9 Å². The van der Waals surface area contributed by atoms with E-state index in [0.717, 1.165) is 33.2 Å². The zero-order chi connectivity index (χ0) is 22.7. The third kappa shape index (κ3) is 4.49. The summed E-state index contributed by atoms with van der Waals surface area (Å²) in [7, 11) is 1.57. The molecular weight excluding hydrogens is 432 g/mol. The highest BCUT2D eigenvalue weighted by atomic mass is 32.1. The number of anilines is 1. The van der Waals surface area contributed by atoms with Crippen LogP contribution in [0.5, 0.6) is 5.75 Å². The molecule has 0 bridgehead atoms. The summed E-state index contributed by atoms with van der Waals surface area (Å²) in [5.74, 6) is 0.263. The van der Waals surface area contributed by atoms with Crippen molar-refractivity contribution in [3.05, 3.63) is 92.9 Å². The molecule has 2 aromatic carbocycles. The van der Waals surface area contributed by atoms with Gasteiger partial charge in [0.05, 0.1) is 35.0 Å². The first-order valence-electron chi connectivity index (χ1n) is 9.58. The molecule has 0 spiro atoms. The van der Waals surface area contributed by atoms with E-state index >= 15 is 0 Å². The summed E-state index contributed by atoms with van der Waals surface area (Å²) < 4.78 is 7.14. The molecule has 0 aliphatic rings. The quantitative estimate of drug-likeness (QED) is 0.314. The molecule has 0 saturated carbocycles. The molecular formula is C22H18N4O5S. The summed E-state index contributed by atoms with van der Waals surface area (Å²) in [6, 6.07) is 17.0. The van der Waals surface area contributed by atoms with E-state index in [1.165, 1.54) is 16.2 Å². The van der Waals surface area contributed by atoms with Gasteiger partial charge in [-0.3, -0.25) is 29.2 Å². The van der Waals surface area contributed by atoms with E-state index in [1.54, 1.807) is 13.2 Å². The minimum atomic E-state index is -0.608. The van der Waals surface area contributed by atoms with Gasteiger partial charge in [-0.2, -0.15) is 0 Å². The van der Waals surface area contributed by atoms with Gasteiger partial charge >= 0.3 is 0 Å². The molecule has 0 radical (unpaired) electrons. The maximum Gasteiger partial charge on any atom is 0.285 e. The number of thiazole rings is 1. The SMILES string of the molecule is COc1ccc2nc(N(Cc3ccccc3)C(=O)Cn3cc([N+](=O)[O-])ccc3=O)sc2c1. The lowest BCUT2D eigenvalue weighted by atomic mass is 10.2. The summed E-state index contributed by atoms with van der Waals surface area (Å²) in [5, 5.41) is 11.5. The summed E-state index contributed by atoms with van der Waals surface area (Å²) in [6.45, 7) is -0.118. The standard InChI is InChI=1S/C22H18N4O5S/c1-31-17-8-9-18-19(11-17)32-22(23-18)25(12-15-5-3-2-4-6-15)21(28)14-24-13-16(26(29)30)7-10-20(24)27/h2-11,13H,12,14H2,1H3. The summed E-state index contributed by atoms with van der Waals surface area (Å²) in [4.78, 5) is 42.0. The molecule has 0 fully saturated rings. The van der Waals surface area contributed by atoms with Crippen molar-refractivity contribution < 1.29 is 14.5 Å². The number of hydrogen-bond acceptors (Lipinski definition) is 7. The second kappa shape index (κ2) is 8.98. The Morgan fingerprint density at radius 2 is 1.97 bits per heavy atom. The Morgan fingerprint density at radius 3 is 2.69 bits per heavy atom. The van der Waals surface area contributed by atoms with Gasteiger partial charge in [0, 0.05) is 12.1 Å². The second-order valence-electron chi connectivity index (χ2n) is 6.91. The first-order chi connectivity index (χ1) is 15.4. The van der Waals surface area contributed by atoms with Gasteiger partial charge in [-0.05, 0) is 23.8 Å². The van der Waals surface area contributed by atoms with Gasteiger partial charge < -0.3 is 4.74 Å². The van der Waals surface area contributed by atoms with Crippen molar-refractivity contribution >= 4 is 38.3 Å². The Kier molecular flexibility index (Phi) is 5.95. The summed E-state index contributed by atoms with van der Waals surface area (Å²) in [5.41, 5.74) is 0.824. The number of methoxy groups -OCH3 is 1. The van der Waals surface area contributed by atoms with Gasteiger partial charge in [0.15, 0.2) is 5.13 Å². The van der Waals surface area contributed by atoms with Gasteiger partial charge in [-0.15, -0.1) is 0 Å². The van der Waals surface area contributed by atoms with Crippen LogP contribution in [0.15, 0.2) is 71.7 Å². The number of rotatable bonds is 7. The highest BCUT2D eigenvalue weighted by Gasteiger charge is 2.22. The van der Waals surface area contributed by atoms with Crippen LogP contribution in [0, 0.1) is 10.1 Å². The average Bonchev–Trinajstić information content (AvgIpc) is 3.22. The highest BCUT2D eigenvalue weighted by molar-refractivity contribution is 7.22. The van der Waals surface area contributed by atoms with Crippen molar-refractivity contribution in [3.63, 3.8) is 0 Å². The van der Waals surface area contributed by atoms with E-state index in [4.69, 9.17) is 4.74 Å². The fourth-order valence-electron chi connectivity index (χ4n) is 3.15. The van der Waals surface area contributed by atoms with Crippen LogP contribution < -0.4 is 15.2 Å². The molecule has 1 amide bonds. The van der Waals surface area contributed by atoms with Gasteiger partial charge in [-0.25, -0.2) is 4.98 Å². The number of nitro groups is 1. The zero-order valence-corrected chi connectivity index (χ0v) is 17.8. The number of amides is 1. The zero-order valence-electron chi connectivity index (χ0n) is 17.0. The second-order valence-corrected chi connectivity index (χ2v) is 7.92. The topological polar surface area (TPSA) is 108 Å². The normalized spacial score (nSPS) is 10.8. The molecule has 0 aliphatic heterocycles. The fraction of sp³-hybridized carbons (Fsp3) is 0.136. The number of carbonyl (C=O) groups is 1. The Bertz CT molecular complexity index is 1350. The molecule has 0 saturated heterocycles. The molecule has 0 N–H and O–H groups in total. The van der Waals surface area contributed by atoms with Crippen molar-refractivity contribution in [2.75, 3.05) is 12.0 Å². The number of ether oxygens (including phenoxy) is 1. The Hall–Kier alpha value is -4.05. The third-order valence-electron chi connectivity index (χ3n) is 4.78. The number of aromatic nitrogens is 2. The van der Waals surface area contributed by atoms with E-state index in [0.29, 0.717) is 16.4 Å².